The monoisotopic (exact) mass is 314 g/mol. The van der Waals surface area contributed by atoms with Crippen LogP contribution in [0, 0.1) is 11.8 Å². The number of carbonyl (C=O) groups excluding carboxylic acids is 1. The molecular formula is C16H11BrO2. The molecule has 0 bridgehead atoms. The zero-order chi connectivity index (χ0) is 13.7. The third-order valence-electron chi connectivity index (χ3n) is 2.51. The molecular weight excluding hydrogens is 304 g/mol. The fraction of sp³-hybridized carbons (Fsp3) is 0.0625. The maximum atomic E-state index is 11.9. The molecule has 0 unspecified atom stereocenters. The molecule has 2 nitrogen and oxygen atoms in total. The molecule has 94 valence electrons. The summed E-state index contributed by atoms with van der Waals surface area (Å²) in [5.74, 6) is 5.91. The van der Waals surface area contributed by atoms with Crippen molar-refractivity contribution in [2.45, 2.75) is 0 Å². The van der Waals surface area contributed by atoms with Crippen molar-refractivity contribution in [2.24, 2.45) is 0 Å². The number of ketones is 1. The first-order chi connectivity index (χ1) is 9.20. The number of rotatable bonds is 2. The van der Waals surface area contributed by atoms with E-state index in [2.05, 4.69) is 27.8 Å². The Morgan fingerprint density at radius 2 is 1.89 bits per heavy atom. The van der Waals surface area contributed by atoms with Gasteiger partial charge in [0.2, 0.25) is 5.78 Å². The van der Waals surface area contributed by atoms with Crippen LogP contribution in [0.4, 0.5) is 0 Å². The van der Waals surface area contributed by atoms with Crippen LogP contribution >= 0.6 is 15.9 Å². The van der Waals surface area contributed by atoms with Crippen molar-refractivity contribution in [3.8, 4) is 17.6 Å². The molecule has 19 heavy (non-hydrogen) atoms. The van der Waals surface area contributed by atoms with Gasteiger partial charge in [-0.3, -0.25) is 4.79 Å². The van der Waals surface area contributed by atoms with Crippen LogP contribution < -0.4 is 4.74 Å². The predicted octanol–water partition coefficient (Wildman–Crippen LogP) is 3.69. The van der Waals surface area contributed by atoms with Crippen LogP contribution in [0.3, 0.4) is 0 Å². The molecule has 0 atom stereocenters. The standard InChI is InChI=1S/C16H11BrO2/c1-19-16-11-14(17)9-7-13(16)8-10-15(18)12-5-3-2-4-6-12/h2-7,9,11H,1H3. The summed E-state index contributed by atoms with van der Waals surface area (Å²) in [6, 6.07) is 14.5. The number of hydrogen-bond donors (Lipinski definition) is 0. The second-order valence-corrected chi connectivity index (χ2v) is 4.71. The number of benzene rings is 2. The average Bonchev–Trinajstić information content (AvgIpc) is 2.46. The summed E-state index contributed by atoms with van der Waals surface area (Å²) in [4.78, 5) is 11.9. The molecule has 2 aromatic rings. The molecule has 2 aromatic carbocycles. The quantitative estimate of drug-likeness (QED) is 0.624. The van der Waals surface area contributed by atoms with Gasteiger partial charge in [0.25, 0.3) is 0 Å². The highest BCUT2D eigenvalue weighted by molar-refractivity contribution is 9.10. The van der Waals surface area contributed by atoms with Crippen molar-refractivity contribution in [2.75, 3.05) is 7.11 Å². The Morgan fingerprint density at radius 1 is 1.16 bits per heavy atom. The lowest BCUT2D eigenvalue weighted by Crippen LogP contribution is -1.94. The minimum atomic E-state index is -0.203. The highest BCUT2D eigenvalue weighted by Gasteiger charge is 2.02. The molecule has 0 aliphatic rings. The minimum absolute atomic E-state index is 0.203. The Bertz CT molecular complexity index is 651. The number of carbonyl (C=O) groups is 1. The topological polar surface area (TPSA) is 26.3 Å². The Labute approximate surface area is 120 Å². The summed E-state index contributed by atoms with van der Waals surface area (Å²) in [6.07, 6.45) is 0. The lowest BCUT2D eigenvalue weighted by Gasteiger charge is -2.02. The van der Waals surface area contributed by atoms with Gasteiger partial charge in [0.1, 0.15) is 5.75 Å². The smallest absolute Gasteiger partial charge is 0.236 e. The molecule has 0 aliphatic carbocycles. The summed E-state index contributed by atoms with van der Waals surface area (Å²) < 4.78 is 6.13. The Kier molecular flexibility index (Phi) is 4.38. The van der Waals surface area contributed by atoms with Gasteiger partial charge >= 0.3 is 0 Å². The summed E-state index contributed by atoms with van der Waals surface area (Å²) >= 11 is 3.36. The average molecular weight is 315 g/mol. The molecule has 3 heteroatoms. The zero-order valence-corrected chi connectivity index (χ0v) is 11.9. The van der Waals surface area contributed by atoms with Crippen LogP contribution in [-0.4, -0.2) is 12.9 Å². The highest BCUT2D eigenvalue weighted by Crippen LogP contribution is 2.22. The van der Waals surface area contributed by atoms with Crippen molar-refractivity contribution in [1.29, 1.82) is 0 Å². The van der Waals surface area contributed by atoms with Crippen LogP contribution in [0.1, 0.15) is 15.9 Å². The summed E-state index contributed by atoms with van der Waals surface area (Å²) in [7, 11) is 1.58. The third kappa shape index (κ3) is 3.46. The molecule has 0 saturated carbocycles. The van der Waals surface area contributed by atoms with E-state index in [1.807, 2.05) is 36.4 Å². The van der Waals surface area contributed by atoms with Gasteiger partial charge in [-0.05, 0) is 24.1 Å². The van der Waals surface area contributed by atoms with Gasteiger partial charge in [0.15, 0.2) is 0 Å². The number of Topliss-reactive ketones (excluding diaryl/α,β-unsaturated/α-hetero) is 1. The van der Waals surface area contributed by atoms with Crippen LogP contribution in [0.25, 0.3) is 0 Å². The van der Waals surface area contributed by atoms with E-state index in [0.717, 1.165) is 4.47 Å². The van der Waals surface area contributed by atoms with Crippen molar-refractivity contribution in [1.82, 2.24) is 0 Å². The molecule has 0 radical (unpaired) electrons. The van der Waals surface area contributed by atoms with E-state index in [4.69, 9.17) is 4.74 Å². The van der Waals surface area contributed by atoms with Crippen molar-refractivity contribution < 1.29 is 9.53 Å². The van der Waals surface area contributed by atoms with Gasteiger partial charge in [0.05, 0.1) is 12.7 Å². The third-order valence-corrected chi connectivity index (χ3v) is 3.00. The number of ether oxygens (including phenoxy) is 1. The van der Waals surface area contributed by atoms with Gasteiger partial charge in [-0.25, -0.2) is 0 Å². The first-order valence-corrected chi connectivity index (χ1v) is 6.45. The molecule has 0 N–H and O–H groups in total. The van der Waals surface area contributed by atoms with Crippen LogP contribution in [0.15, 0.2) is 53.0 Å². The number of methoxy groups -OCH3 is 1. The van der Waals surface area contributed by atoms with Crippen molar-refractivity contribution in [3.63, 3.8) is 0 Å². The number of halogens is 1. The van der Waals surface area contributed by atoms with E-state index < -0.39 is 0 Å². The fourth-order valence-electron chi connectivity index (χ4n) is 1.55. The molecule has 0 fully saturated rings. The summed E-state index contributed by atoms with van der Waals surface area (Å²) in [5, 5.41) is 0. The van der Waals surface area contributed by atoms with Crippen LogP contribution in [0.2, 0.25) is 0 Å². The first kappa shape index (κ1) is 13.4. The first-order valence-electron chi connectivity index (χ1n) is 5.65. The second-order valence-electron chi connectivity index (χ2n) is 3.79. The predicted molar refractivity (Wildman–Crippen MR) is 78.3 cm³/mol. The van der Waals surface area contributed by atoms with Crippen LogP contribution in [-0.2, 0) is 0 Å². The van der Waals surface area contributed by atoms with E-state index in [1.165, 1.54) is 0 Å². The Hall–Kier alpha value is -2.05. The summed E-state index contributed by atoms with van der Waals surface area (Å²) in [6.45, 7) is 0. The normalized spacial score (nSPS) is 9.37. The molecule has 0 saturated heterocycles. The summed E-state index contributed by atoms with van der Waals surface area (Å²) in [5.41, 5.74) is 1.28. The maximum Gasteiger partial charge on any atom is 0.236 e. The van der Waals surface area contributed by atoms with Gasteiger partial charge < -0.3 is 4.74 Å². The number of hydrogen-bond acceptors (Lipinski definition) is 2. The molecule has 0 aromatic heterocycles. The van der Waals surface area contributed by atoms with E-state index in [1.54, 1.807) is 19.2 Å². The van der Waals surface area contributed by atoms with Crippen LogP contribution in [0.5, 0.6) is 5.75 Å². The largest absolute Gasteiger partial charge is 0.495 e. The minimum Gasteiger partial charge on any atom is -0.495 e. The Balaban J connectivity index is 2.28. The van der Waals surface area contributed by atoms with E-state index in [-0.39, 0.29) is 5.78 Å². The van der Waals surface area contributed by atoms with Gasteiger partial charge in [0, 0.05) is 10.0 Å². The van der Waals surface area contributed by atoms with E-state index in [0.29, 0.717) is 16.9 Å². The van der Waals surface area contributed by atoms with Gasteiger partial charge in [-0.1, -0.05) is 52.2 Å². The zero-order valence-electron chi connectivity index (χ0n) is 10.3. The SMILES string of the molecule is COc1cc(Br)ccc1C#CC(=O)c1ccccc1. The molecule has 2 rings (SSSR count). The van der Waals surface area contributed by atoms with Crippen molar-refractivity contribution >= 4 is 21.7 Å². The lowest BCUT2D eigenvalue weighted by molar-refractivity contribution is 0.105. The lowest BCUT2D eigenvalue weighted by atomic mass is 10.1. The van der Waals surface area contributed by atoms with Crippen molar-refractivity contribution in [3.05, 3.63) is 64.1 Å². The molecule has 0 amide bonds. The fourth-order valence-corrected chi connectivity index (χ4v) is 1.89. The van der Waals surface area contributed by atoms with Gasteiger partial charge in [-0.15, -0.1) is 0 Å². The second kappa shape index (κ2) is 6.21. The molecule has 0 heterocycles. The highest BCUT2D eigenvalue weighted by atomic mass is 79.9. The maximum absolute atomic E-state index is 11.9. The van der Waals surface area contributed by atoms with Gasteiger partial charge in [-0.2, -0.15) is 0 Å². The Morgan fingerprint density at radius 3 is 2.58 bits per heavy atom. The molecule has 0 aliphatic heterocycles. The van der Waals surface area contributed by atoms with E-state index in [9.17, 15) is 4.79 Å². The molecule has 0 spiro atoms. The van der Waals surface area contributed by atoms with E-state index >= 15 is 0 Å².